The van der Waals surface area contributed by atoms with E-state index < -0.39 is 11.7 Å². The molecule has 0 saturated heterocycles. The van der Waals surface area contributed by atoms with Gasteiger partial charge in [0.25, 0.3) is 0 Å². The minimum Gasteiger partial charge on any atom is -0.489 e. The number of hydrogen-bond donors (Lipinski definition) is 1. The van der Waals surface area contributed by atoms with E-state index >= 15 is 0 Å². The summed E-state index contributed by atoms with van der Waals surface area (Å²) < 4.78 is 49.7. The molecule has 2 heterocycles. The highest BCUT2D eigenvalue weighted by Crippen LogP contribution is 2.42. The summed E-state index contributed by atoms with van der Waals surface area (Å²) in [5.41, 5.74) is -0.670. The Hall–Kier alpha value is -2.32. The quantitative estimate of drug-likeness (QED) is 0.525. The molecule has 2 saturated carbocycles. The summed E-state index contributed by atoms with van der Waals surface area (Å²) in [5, 5.41) is 17.8. The van der Waals surface area contributed by atoms with Crippen molar-refractivity contribution in [1.29, 1.82) is 0 Å². The van der Waals surface area contributed by atoms with Gasteiger partial charge < -0.3 is 9.84 Å². The molecule has 5 rings (SSSR count). The first-order valence-electron chi connectivity index (χ1n) is 10.9. The molecule has 2 aromatic heterocycles. The van der Waals surface area contributed by atoms with Crippen molar-refractivity contribution in [3.8, 4) is 16.9 Å². The number of aliphatic hydroxyl groups excluding tert-OH is 1. The van der Waals surface area contributed by atoms with Gasteiger partial charge in [0.2, 0.25) is 0 Å². The molecule has 0 atom stereocenters. The van der Waals surface area contributed by atoms with Gasteiger partial charge in [-0.2, -0.15) is 13.2 Å². The summed E-state index contributed by atoms with van der Waals surface area (Å²) in [4.78, 5) is 0. The van der Waals surface area contributed by atoms with Gasteiger partial charge in [-0.05, 0) is 73.8 Å². The molecular formula is C23H23ClF3N3O2. The van der Waals surface area contributed by atoms with Gasteiger partial charge in [0.05, 0.1) is 17.2 Å². The zero-order valence-electron chi connectivity index (χ0n) is 17.3. The lowest BCUT2D eigenvalue weighted by atomic mass is 9.95. The van der Waals surface area contributed by atoms with E-state index in [-0.39, 0.29) is 28.4 Å². The molecule has 1 aromatic carbocycles. The van der Waals surface area contributed by atoms with Crippen LogP contribution in [-0.4, -0.2) is 31.9 Å². The number of pyridine rings is 1. The van der Waals surface area contributed by atoms with Crippen molar-refractivity contribution in [3.63, 3.8) is 0 Å². The van der Waals surface area contributed by atoms with E-state index in [2.05, 4.69) is 10.2 Å². The van der Waals surface area contributed by atoms with Crippen molar-refractivity contribution < 1.29 is 23.0 Å². The maximum atomic E-state index is 14.1. The summed E-state index contributed by atoms with van der Waals surface area (Å²) >= 11 is 6.39. The van der Waals surface area contributed by atoms with Crippen LogP contribution in [0.25, 0.3) is 16.8 Å². The van der Waals surface area contributed by atoms with Gasteiger partial charge >= 0.3 is 6.18 Å². The van der Waals surface area contributed by atoms with E-state index in [0.29, 0.717) is 55.2 Å². The number of rotatable bonds is 5. The average Bonchev–Trinajstić information content (AvgIpc) is 3.48. The van der Waals surface area contributed by atoms with Crippen LogP contribution in [0.5, 0.6) is 5.75 Å². The summed E-state index contributed by atoms with van der Waals surface area (Å²) in [6.45, 7) is 0. The minimum absolute atomic E-state index is 0.00427. The van der Waals surface area contributed by atoms with E-state index in [9.17, 15) is 18.3 Å². The first-order chi connectivity index (χ1) is 15.3. The highest BCUT2D eigenvalue weighted by atomic mass is 35.5. The molecule has 2 fully saturated rings. The van der Waals surface area contributed by atoms with Crippen molar-refractivity contribution in [2.45, 2.75) is 63.3 Å². The zero-order valence-corrected chi connectivity index (χ0v) is 18.0. The van der Waals surface area contributed by atoms with Crippen LogP contribution in [-0.2, 0) is 12.6 Å². The van der Waals surface area contributed by atoms with Gasteiger partial charge in [0, 0.05) is 12.6 Å². The molecule has 0 spiro atoms. The second-order valence-corrected chi connectivity index (χ2v) is 9.16. The Bertz CT molecular complexity index is 1140. The fourth-order valence-electron chi connectivity index (χ4n) is 4.35. The van der Waals surface area contributed by atoms with Gasteiger partial charge in [0.15, 0.2) is 5.65 Å². The number of alkyl halides is 3. The largest absolute Gasteiger partial charge is 0.489 e. The van der Waals surface area contributed by atoms with Gasteiger partial charge in [-0.3, -0.25) is 4.40 Å². The van der Waals surface area contributed by atoms with Crippen LogP contribution in [0.2, 0.25) is 5.02 Å². The van der Waals surface area contributed by atoms with E-state index in [0.717, 1.165) is 12.8 Å². The van der Waals surface area contributed by atoms with Crippen molar-refractivity contribution in [2.24, 2.45) is 5.92 Å². The van der Waals surface area contributed by atoms with Crippen LogP contribution in [0.3, 0.4) is 0 Å². The molecule has 2 aliphatic carbocycles. The number of ether oxygens (including phenoxy) is 1. The molecule has 1 N–H and O–H groups in total. The Balaban J connectivity index is 1.49. The number of nitrogens with zero attached hydrogens (tertiary/aromatic N) is 3. The van der Waals surface area contributed by atoms with Crippen LogP contribution >= 0.6 is 11.6 Å². The fourth-order valence-corrected chi connectivity index (χ4v) is 4.57. The second-order valence-electron chi connectivity index (χ2n) is 8.75. The predicted octanol–water partition coefficient (Wildman–Crippen LogP) is 5.70. The van der Waals surface area contributed by atoms with Crippen molar-refractivity contribution in [1.82, 2.24) is 14.6 Å². The molecule has 0 amide bonds. The zero-order chi connectivity index (χ0) is 22.5. The van der Waals surface area contributed by atoms with Crippen molar-refractivity contribution in [2.75, 3.05) is 0 Å². The highest BCUT2D eigenvalue weighted by molar-refractivity contribution is 6.32. The third kappa shape index (κ3) is 4.30. The summed E-state index contributed by atoms with van der Waals surface area (Å²) in [6, 6.07) is 6.14. The molecule has 0 unspecified atom stereocenters. The first kappa shape index (κ1) is 21.5. The van der Waals surface area contributed by atoms with Gasteiger partial charge in [-0.25, -0.2) is 0 Å². The fraction of sp³-hybridized carbons (Fsp3) is 0.478. The predicted molar refractivity (Wildman–Crippen MR) is 114 cm³/mol. The standard InChI is InChI=1S/C23H23ClF3N3O2/c24-18-12-14(3-8-19(18)32-16-6-4-15(31)5-7-16)17-9-10-30-20(11-13-1-2-13)28-29-22(30)21(17)23(25,26)27/h3,8-10,12-13,15-16,31H,1-2,4-7,11H2. The average molecular weight is 466 g/mol. The molecule has 32 heavy (non-hydrogen) atoms. The number of aliphatic hydroxyl groups is 1. The third-order valence-corrected chi connectivity index (χ3v) is 6.58. The number of halogens is 4. The lowest BCUT2D eigenvalue weighted by Gasteiger charge is -2.26. The molecule has 9 heteroatoms. The Kier molecular flexibility index (Phi) is 5.53. The molecule has 2 aliphatic rings. The van der Waals surface area contributed by atoms with Crippen LogP contribution in [0.1, 0.15) is 49.9 Å². The molecule has 0 radical (unpaired) electrons. The topological polar surface area (TPSA) is 59.7 Å². The van der Waals surface area contributed by atoms with Gasteiger partial charge in [-0.1, -0.05) is 17.7 Å². The smallest absolute Gasteiger partial charge is 0.420 e. The number of aromatic nitrogens is 3. The molecule has 170 valence electrons. The highest BCUT2D eigenvalue weighted by Gasteiger charge is 2.38. The lowest BCUT2D eigenvalue weighted by molar-refractivity contribution is -0.136. The first-order valence-corrected chi connectivity index (χ1v) is 11.3. The number of benzene rings is 1. The van der Waals surface area contributed by atoms with Crippen LogP contribution in [0.4, 0.5) is 13.2 Å². The Labute approximate surface area is 188 Å². The van der Waals surface area contributed by atoms with Gasteiger partial charge in [0.1, 0.15) is 17.1 Å². The van der Waals surface area contributed by atoms with Crippen LogP contribution in [0.15, 0.2) is 30.5 Å². The number of fused-ring (bicyclic) bond motifs is 1. The number of hydrogen-bond acceptors (Lipinski definition) is 4. The van der Waals surface area contributed by atoms with Crippen LogP contribution in [0, 0.1) is 5.92 Å². The maximum absolute atomic E-state index is 14.1. The van der Waals surface area contributed by atoms with Crippen molar-refractivity contribution in [3.05, 3.63) is 46.9 Å². The molecule has 0 aliphatic heterocycles. The molecule has 5 nitrogen and oxygen atoms in total. The molecular weight excluding hydrogens is 443 g/mol. The van der Waals surface area contributed by atoms with Crippen molar-refractivity contribution >= 4 is 17.2 Å². The second kappa shape index (κ2) is 8.23. The Morgan fingerprint density at radius 2 is 1.81 bits per heavy atom. The van der Waals surface area contributed by atoms with E-state index in [4.69, 9.17) is 16.3 Å². The van der Waals surface area contributed by atoms with E-state index in [1.807, 2.05) is 0 Å². The lowest BCUT2D eigenvalue weighted by Crippen LogP contribution is -2.26. The van der Waals surface area contributed by atoms with Crippen LogP contribution < -0.4 is 4.74 Å². The summed E-state index contributed by atoms with van der Waals surface area (Å²) in [6.07, 6.45) is 2.17. The Morgan fingerprint density at radius 3 is 2.47 bits per heavy atom. The minimum atomic E-state index is -4.60. The monoisotopic (exact) mass is 465 g/mol. The molecule has 0 bridgehead atoms. The van der Waals surface area contributed by atoms with Gasteiger partial charge in [-0.15, -0.1) is 10.2 Å². The molecule has 3 aromatic rings. The summed E-state index contributed by atoms with van der Waals surface area (Å²) in [5.74, 6) is 1.47. The van der Waals surface area contributed by atoms with E-state index in [1.165, 1.54) is 16.5 Å². The normalized spacial score (nSPS) is 21.8. The Morgan fingerprint density at radius 1 is 1.06 bits per heavy atom. The summed E-state index contributed by atoms with van der Waals surface area (Å²) in [7, 11) is 0. The third-order valence-electron chi connectivity index (χ3n) is 6.28. The maximum Gasteiger partial charge on any atom is 0.420 e. The SMILES string of the molecule is OC1CCC(Oc2ccc(-c3ccn4c(CC5CC5)nnc4c3C(F)(F)F)cc2Cl)CC1. The van der Waals surface area contributed by atoms with E-state index in [1.54, 1.807) is 18.3 Å².